The van der Waals surface area contributed by atoms with Crippen molar-refractivity contribution in [2.75, 3.05) is 0 Å². The average molecular weight is 224 g/mol. The zero-order chi connectivity index (χ0) is 11.6. The summed E-state index contributed by atoms with van der Waals surface area (Å²) in [5, 5.41) is 9.34. The topological polar surface area (TPSA) is 37.3 Å². The lowest BCUT2D eigenvalue weighted by atomic mass is 9.61. The third-order valence-corrected chi connectivity index (χ3v) is 5.19. The normalized spacial score (nSPS) is 27.8. The maximum Gasteiger partial charge on any atom is 0.306 e. The van der Waals surface area contributed by atoms with Crippen molar-refractivity contribution in [3.63, 3.8) is 0 Å². The number of carbonyl (C=O) groups is 1. The number of hydrogen-bond donors (Lipinski definition) is 1. The van der Waals surface area contributed by atoms with E-state index in [1.807, 2.05) is 6.92 Å². The lowest BCUT2D eigenvalue weighted by molar-refractivity contribution is -0.148. The summed E-state index contributed by atoms with van der Waals surface area (Å²) in [7, 11) is 0. The molecule has 1 unspecified atom stereocenters. The molecule has 92 valence electrons. The van der Waals surface area contributed by atoms with Crippen molar-refractivity contribution in [1.82, 2.24) is 0 Å². The second-order valence-corrected chi connectivity index (χ2v) is 5.84. The van der Waals surface area contributed by atoms with E-state index < -0.39 is 5.97 Å². The van der Waals surface area contributed by atoms with Crippen molar-refractivity contribution in [3.8, 4) is 0 Å². The standard InChI is InChI=1S/C14H24O2/c1-11(13(15)16)14(9-5-6-10-14)12-7-3-2-4-8-12/h11-12H,2-10H2,1H3,(H,15,16). The summed E-state index contributed by atoms with van der Waals surface area (Å²) in [4.78, 5) is 11.3. The van der Waals surface area contributed by atoms with Gasteiger partial charge in [0.05, 0.1) is 5.92 Å². The van der Waals surface area contributed by atoms with Crippen LogP contribution in [0.3, 0.4) is 0 Å². The van der Waals surface area contributed by atoms with Crippen LogP contribution in [0.5, 0.6) is 0 Å². The van der Waals surface area contributed by atoms with Crippen molar-refractivity contribution in [2.24, 2.45) is 17.3 Å². The average Bonchev–Trinajstić information content (AvgIpc) is 2.79. The monoisotopic (exact) mass is 224 g/mol. The van der Waals surface area contributed by atoms with E-state index in [0.717, 1.165) is 12.8 Å². The Morgan fingerprint density at radius 2 is 1.69 bits per heavy atom. The Hall–Kier alpha value is -0.530. The van der Waals surface area contributed by atoms with Crippen molar-refractivity contribution < 1.29 is 9.90 Å². The van der Waals surface area contributed by atoms with E-state index in [0.29, 0.717) is 5.92 Å². The molecule has 0 spiro atoms. The molecule has 0 aromatic carbocycles. The second kappa shape index (κ2) is 4.77. The Balaban J connectivity index is 2.16. The Morgan fingerprint density at radius 3 is 2.19 bits per heavy atom. The van der Waals surface area contributed by atoms with Crippen molar-refractivity contribution in [3.05, 3.63) is 0 Å². The van der Waals surface area contributed by atoms with Crippen LogP contribution in [0, 0.1) is 17.3 Å². The molecule has 2 rings (SSSR count). The fraction of sp³-hybridized carbons (Fsp3) is 0.929. The zero-order valence-corrected chi connectivity index (χ0v) is 10.4. The van der Waals surface area contributed by atoms with Crippen LogP contribution in [0.25, 0.3) is 0 Å². The maximum absolute atomic E-state index is 11.3. The first-order chi connectivity index (χ1) is 7.67. The minimum Gasteiger partial charge on any atom is -0.481 e. The zero-order valence-electron chi connectivity index (χ0n) is 10.4. The third-order valence-electron chi connectivity index (χ3n) is 5.19. The highest BCUT2D eigenvalue weighted by molar-refractivity contribution is 5.70. The highest BCUT2D eigenvalue weighted by Crippen LogP contribution is 2.54. The molecule has 0 amide bonds. The summed E-state index contributed by atoms with van der Waals surface area (Å²) in [6, 6.07) is 0. The summed E-state index contributed by atoms with van der Waals surface area (Å²) in [5.41, 5.74) is 0.145. The van der Waals surface area contributed by atoms with Gasteiger partial charge in [-0.3, -0.25) is 4.79 Å². The van der Waals surface area contributed by atoms with E-state index in [1.54, 1.807) is 0 Å². The van der Waals surface area contributed by atoms with Gasteiger partial charge in [0.1, 0.15) is 0 Å². The quantitative estimate of drug-likeness (QED) is 0.790. The van der Waals surface area contributed by atoms with Crippen LogP contribution < -0.4 is 0 Å². The minimum atomic E-state index is -0.576. The van der Waals surface area contributed by atoms with Gasteiger partial charge in [0.15, 0.2) is 0 Å². The Morgan fingerprint density at radius 1 is 1.12 bits per heavy atom. The Kier molecular flexibility index (Phi) is 3.56. The van der Waals surface area contributed by atoms with Crippen molar-refractivity contribution >= 4 is 5.97 Å². The molecule has 2 aliphatic carbocycles. The smallest absolute Gasteiger partial charge is 0.306 e. The van der Waals surface area contributed by atoms with Gasteiger partial charge in [-0.2, -0.15) is 0 Å². The molecule has 0 bridgehead atoms. The number of aliphatic carboxylic acids is 1. The van der Waals surface area contributed by atoms with Crippen LogP contribution in [0.15, 0.2) is 0 Å². The molecule has 0 radical (unpaired) electrons. The van der Waals surface area contributed by atoms with Crippen LogP contribution in [0.4, 0.5) is 0 Å². The predicted octanol–water partition coefficient (Wildman–Crippen LogP) is 3.85. The molecule has 2 fully saturated rings. The summed E-state index contributed by atoms with van der Waals surface area (Å²) in [5.74, 6) is -0.0274. The molecule has 2 saturated carbocycles. The molecule has 2 nitrogen and oxygen atoms in total. The van der Waals surface area contributed by atoms with Gasteiger partial charge < -0.3 is 5.11 Å². The number of rotatable bonds is 3. The van der Waals surface area contributed by atoms with Crippen molar-refractivity contribution in [2.45, 2.75) is 64.7 Å². The first-order valence-electron chi connectivity index (χ1n) is 6.89. The molecular formula is C14H24O2. The van der Waals surface area contributed by atoms with Crippen molar-refractivity contribution in [1.29, 1.82) is 0 Å². The van der Waals surface area contributed by atoms with E-state index >= 15 is 0 Å². The van der Waals surface area contributed by atoms with E-state index in [4.69, 9.17) is 0 Å². The van der Waals surface area contributed by atoms with Crippen LogP contribution in [0.2, 0.25) is 0 Å². The number of carboxylic acids is 1. The molecule has 16 heavy (non-hydrogen) atoms. The van der Waals surface area contributed by atoms with Crippen LogP contribution >= 0.6 is 0 Å². The molecule has 2 aliphatic rings. The van der Waals surface area contributed by atoms with Crippen LogP contribution in [-0.2, 0) is 4.79 Å². The van der Waals surface area contributed by atoms with Crippen LogP contribution in [0.1, 0.15) is 64.7 Å². The highest BCUT2D eigenvalue weighted by Gasteiger charge is 2.47. The summed E-state index contributed by atoms with van der Waals surface area (Å²) in [6.07, 6.45) is 11.3. The Labute approximate surface area is 98.4 Å². The number of hydrogen-bond acceptors (Lipinski definition) is 1. The second-order valence-electron chi connectivity index (χ2n) is 5.84. The largest absolute Gasteiger partial charge is 0.481 e. The fourth-order valence-corrected chi connectivity index (χ4v) is 4.15. The molecule has 1 N–H and O–H groups in total. The van der Waals surface area contributed by atoms with Crippen LogP contribution in [-0.4, -0.2) is 11.1 Å². The molecule has 0 aliphatic heterocycles. The van der Waals surface area contributed by atoms with E-state index in [2.05, 4.69) is 0 Å². The molecule has 2 heteroatoms. The van der Waals surface area contributed by atoms with Gasteiger partial charge in [-0.15, -0.1) is 0 Å². The lowest BCUT2D eigenvalue weighted by Crippen LogP contribution is -2.39. The fourth-order valence-electron chi connectivity index (χ4n) is 4.15. The number of carboxylic acid groups (broad SMARTS) is 1. The van der Waals surface area contributed by atoms with Gasteiger partial charge in [-0.25, -0.2) is 0 Å². The first kappa shape index (κ1) is 11.9. The predicted molar refractivity (Wildman–Crippen MR) is 64.3 cm³/mol. The third kappa shape index (κ3) is 1.99. The summed E-state index contributed by atoms with van der Waals surface area (Å²) >= 11 is 0. The molecule has 0 saturated heterocycles. The van der Waals surface area contributed by atoms with Gasteiger partial charge in [-0.1, -0.05) is 39.0 Å². The lowest BCUT2D eigenvalue weighted by Gasteiger charge is -2.42. The summed E-state index contributed by atoms with van der Waals surface area (Å²) in [6.45, 7) is 1.95. The summed E-state index contributed by atoms with van der Waals surface area (Å²) < 4.78 is 0. The van der Waals surface area contributed by atoms with Gasteiger partial charge >= 0.3 is 5.97 Å². The SMILES string of the molecule is CC(C(=O)O)C1(C2CCCCC2)CCCC1. The molecule has 1 atom stereocenters. The Bertz CT molecular complexity index is 247. The van der Waals surface area contributed by atoms with Gasteiger partial charge in [0.25, 0.3) is 0 Å². The van der Waals surface area contributed by atoms with E-state index in [9.17, 15) is 9.90 Å². The van der Waals surface area contributed by atoms with E-state index in [1.165, 1.54) is 44.9 Å². The van der Waals surface area contributed by atoms with Gasteiger partial charge in [-0.05, 0) is 37.0 Å². The van der Waals surface area contributed by atoms with Gasteiger partial charge in [0.2, 0.25) is 0 Å². The molecular weight excluding hydrogens is 200 g/mol. The van der Waals surface area contributed by atoms with Gasteiger partial charge in [0, 0.05) is 0 Å². The first-order valence-corrected chi connectivity index (χ1v) is 6.89. The molecule has 0 heterocycles. The highest BCUT2D eigenvalue weighted by atomic mass is 16.4. The van der Waals surface area contributed by atoms with E-state index in [-0.39, 0.29) is 11.3 Å². The maximum atomic E-state index is 11.3. The molecule has 0 aromatic heterocycles. The minimum absolute atomic E-state index is 0.141. The molecule has 0 aromatic rings.